The lowest BCUT2D eigenvalue weighted by atomic mass is 10.2. The van der Waals surface area contributed by atoms with Gasteiger partial charge in [-0.05, 0) is 12.8 Å². The summed E-state index contributed by atoms with van der Waals surface area (Å²) in [4.78, 5) is 11.8. The Morgan fingerprint density at radius 2 is 2.22 bits per heavy atom. The number of sulfone groups is 1. The Labute approximate surface area is 109 Å². The molecule has 1 aliphatic heterocycles. The fourth-order valence-electron chi connectivity index (χ4n) is 1.80. The van der Waals surface area contributed by atoms with Gasteiger partial charge in [0.1, 0.15) is 0 Å². The first kappa shape index (κ1) is 13.2. The lowest BCUT2D eigenvalue weighted by Gasteiger charge is -2.22. The molecule has 0 bridgehead atoms. The predicted molar refractivity (Wildman–Crippen MR) is 68.6 cm³/mol. The quantitative estimate of drug-likeness (QED) is 0.805. The van der Waals surface area contributed by atoms with Gasteiger partial charge in [0, 0.05) is 13.1 Å². The molecule has 1 unspecified atom stereocenters. The molecule has 2 heterocycles. The zero-order chi connectivity index (χ0) is 13.2. The lowest BCUT2D eigenvalue weighted by Crippen LogP contribution is -2.43. The summed E-state index contributed by atoms with van der Waals surface area (Å²) in [6.07, 6.45) is 1.27. The number of hydrogen-bond donors (Lipinski definition) is 2. The van der Waals surface area contributed by atoms with Crippen molar-refractivity contribution in [3.8, 4) is 0 Å². The Kier molecular flexibility index (Phi) is 3.81. The number of carbonyl (C=O) groups excluding carboxylic acids is 1. The Hall–Kier alpha value is -1.22. The highest BCUT2D eigenvalue weighted by atomic mass is 32.2. The molecule has 1 aromatic heterocycles. The molecule has 2 N–H and O–H groups in total. The van der Waals surface area contributed by atoms with Crippen molar-refractivity contribution in [2.24, 2.45) is 0 Å². The number of anilines is 1. The van der Waals surface area contributed by atoms with Crippen LogP contribution in [0, 0.1) is 0 Å². The van der Waals surface area contributed by atoms with Gasteiger partial charge in [-0.1, -0.05) is 11.3 Å². The molecule has 100 valence electrons. The van der Waals surface area contributed by atoms with Gasteiger partial charge in [0.2, 0.25) is 10.1 Å². The van der Waals surface area contributed by atoms with Gasteiger partial charge in [0.15, 0.2) is 9.84 Å². The standard InChI is InChI=1S/C9H14N4O3S2/c1-10-9-13-12-8(17-9)7(14)11-6-3-2-4-18(15,16)5-6/h6H,2-5H2,1H3,(H,10,13)(H,11,14). The monoisotopic (exact) mass is 290 g/mol. The Morgan fingerprint density at radius 3 is 2.83 bits per heavy atom. The molecule has 7 nitrogen and oxygen atoms in total. The third-order valence-electron chi connectivity index (χ3n) is 2.63. The summed E-state index contributed by atoms with van der Waals surface area (Å²) in [6, 6.07) is -0.321. The maximum Gasteiger partial charge on any atom is 0.282 e. The van der Waals surface area contributed by atoms with Crippen LogP contribution in [0.15, 0.2) is 0 Å². The normalized spacial score (nSPS) is 22.4. The van der Waals surface area contributed by atoms with Crippen molar-refractivity contribution in [2.75, 3.05) is 23.9 Å². The van der Waals surface area contributed by atoms with Crippen LogP contribution in [0.1, 0.15) is 22.6 Å². The molecular formula is C9H14N4O3S2. The highest BCUT2D eigenvalue weighted by Crippen LogP contribution is 2.16. The van der Waals surface area contributed by atoms with E-state index >= 15 is 0 Å². The number of aromatic nitrogens is 2. The van der Waals surface area contributed by atoms with E-state index in [0.29, 0.717) is 18.0 Å². The molecule has 2 rings (SSSR count). The molecule has 9 heteroatoms. The summed E-state index contributed by atoms with van der Waals surface area (Å²) < 4.78 is 22.9. The number of rotatable bonds is 3. The van der Waals surface area contributed by atoms with Gasteiger partial charge in [-0.2, -0.15) is 0 Å². The minimum atomic E-state index is -3.02. The molecule has 0 radical (unpaired) electrons. The molecule has 1 aliphatic rings. The van der Waals surface area contributed by atoms with E-state index in [1.165, 1.54) is 0 Å². The summed E-state index contributed by atoms with van der Waals surface area (Å²) in [5.74, 6) is -0.144. The molecule has 0 aromatic carbocycles. The van der Waals surface area contributed by atoms with Crippen molar-refractivity contribution >= 4 is 32.2 Å². The Morgan fingerprint density at radius 1 is 1.44 bits per heavy atom. The summed E-state index contributed by atoms with van der Waals surface area (Å²) in [5.41, 5.74) is 0. The average Bonchev–Trinajstić information content (AvgIpc) is 2.76. The molecule has 18 heavy (non-hydrogen) atoms. The molecule has 1 fully saturated rings. The van der Waals surface area contributed by atoms with Crippen LogP contribution in [0.5, 0.6) is 0 Å². The minimum Gasteiger partial charge on any atom is -0.363 e. The summed E-state index contributed by atoms with van der Waals surface area (Å²) in [5, 5.41) is 13.8. The lowest BCUT2D eigenvalue weighted by molar-refractivity contribution is 0.0937. The van der Waals surface area contributed by atoms with Gasteiger partial charge in [0.25, 0.3) is 5.91 Å². The second-order valence-corrected chi connectivity index (χ2v) is 7.30. The van der Waals surface area contributed by atoms with Gasteiger partial charge in [-0.25, -0.2) is 8.42 Å². The molecule has 0 aliphatic carbocycles. The van der Waals surface area contributed by atoms with Gasteiger partial charge >= 0.3 is 0 Å². The number of amides is 1. The van der Waals surface area contributed by atoms with Crippen molar-refractivity contribution in [3.63, 3.8) is 0 Å². The maximum atomic E-state index is 11.8. The van der Waals surface area contributed by atoms with E-state index in [1.807, 2.05) is 0 Å². The van der Waals surface area contributed by atoms with E-state index < -0.39 is 9.84 Å². The van der Waals surface area contributed by atoms with E-state index in [4.69, 9.17) is 0 Å². The number of carbonyl (C=O) groups is 1. The van der Waals surface area contributed by atoms with E-state index in [2.05, 4.69) is 20.8 Å². The highest BCUT2D eigenvalue weighted by molar-refractivity contribution is 7.91. The van der Waals surface area contributed by atoms with Crippen LogP contribution in [0.3, 0.4) is 0 Å². The first-order valence-electron chi connectivity index (χ1n) is 5.53. The van der Waals surface area contributed by atoms with Crippen molar-refractivity contribution in [1.29, 1.82) is 0 Å². The van der Waals surface area contributed by atoms with Crippen LogP contribution in [0.4, 0.5) is 5.13 Å². The topological polar surface area (TPSA) is 101 Å². The number of nitrogens with zero attached hydrogens (tertiary/aromatic N) is 2. The number of hydrogen-bond acceptors (Lipinski definition) is 7. The van der Waals surface area contributed by atoms with Gasteiger partial charge in [0.05, 0.1) is 11.5 Å². The zero-order valence-corrected chi connectivity index (χ0v) is 11.5. The Bertz CT molecular complexity index is 540. The largest absolute Gasteiger partial charge is 0.363 e. The predicted octanol–water partition coefficient (Wildman–Crippen LogP) is -0.113. The van der Waals surface area contributed by atoms with Crippen LogP contribution in [0.2, 0.25) is 0 Å². The molecular weight excluding hydrogens is 276 g/mol. The fourth-order valence-corrected chi connectivity index (χ4v) is 4.04. The van der Waals surface area contributed by atoms with Crippen LogP contribution >= 0.6 is 11.3 Å². The van der Waals surface area contributed by atoms with E-state index in [-0.39, 0.29) is 28.5 Å². The minimum absolute atomic E-state index is 0.0103. The van der Waals surface area contributed by atoms with Crippen molar-refractivity contribution in [3.05, 3.63) is 5.01 Å². The average molecular weight is 290 g/mol. The molecule has 0 spiro atoms. The first-order valence-corrected chi connectivity index (χ1v) is 8.16. The second kappa shape index (κ2) is 5.19. The van der Waals surface area contributed by atoms with Gasteiger partial charge < -0.3 is 10.6 Å². The summed E-state index contributed by atoms with van der Waals surface area (Å²) in [6.45, 7) is 0. The maximum absolute atomic E-state index is 11.8. The third kappa shape index (κ3) is 3.16. The third-order valence-corrected chi connectivity index (χ3v) is 5.39. The van der Waals surface area contributed by atoms with Crippen molar-refractivity contribution in [1.82, 2.24) is 15.5 Å². The molecule has 1 amide bonds. The molecule has 1 atom stereocenters. The second-order valence-electron chi connectivity index (χ2n) is 4.09. The molecule has 1 aromatic rings. The smallest absolute Gasteiger partial charge is 0.282 e. The Balaban J connectivity index is 1.99. The SMILES string of the molecule is CNc1nnc(C(=O)NC2CCCS(=O)(=O)C2)s1. The molecule has 0 saturated carbocycles. The van der Waals surface area contributed by atoms with Crippen LogP contribution < -0.4 is 10.6 Å². The van der Waals surface area contributed by atoms with E-state index in [9.17, 15) is 13.2 Å². The van der Waals surface area contributed by atoms with Crippen LogP contribution in [0.25, 0.3) is 0 Å². The van der Waals surface area contributed by atoms with Crippen LogP contribution in [-0.4, -0.2) is 49.1 Å². The number of nitrogens with one attached hydrogen (secondary N) is 2. The molecule has 1 saturated heterocycles. The highest BCUT2D eigenvalue weighted by Gasteiger charge is 2.27. The van der Waals surface area contributed by atoms with Crippen molar-refractivity contribution < 1.29 is 13.2 Å². The summed E-state index contributed by atoms with van der Waals surface area (Å²) in [7, 11) is -1.33. The zero-order valence-electron chi connectivity index (χ0n) is 9.84. The van der Waals surface area contributed by atoms with E-state index in [1.54, 1.807) is 7.05 Å². The van der Waals surface area contributed by atoms with E-state index in [0.717, 1.165) is 11.3 Å². The first-order chi connectivity index (χ1) is 8.50. The summed E-state index contributed by atoms with van der Waals surface area (Å²) >= 11 is 1.13. The fraction of sp³-hybridized carbons (Fsp3) is 0.667. The van der Waals surface area contributed by atoms with Crippen LogP contribution in [-0.2, 0) is 9.84 Å². The van der Waals surface area contributed by atoms with Gasteiger partial charge in [-0.3, -0.25) is 4.79 Å². The van der Waals surface area contributed by atoms with Gasteiger partial charge in [-0.15, -0.1) is 10.2 Å². The van der Waals surface area contributed by atoms with Crippen molar-refractivity contribution in [2.45, 2.75) is 18.9 Å².